The molecule has 1 saturated heterocycles. The number of piperidine rings is 1. The van der Waals surface area contributed by atoms with Crippen molar-refractivity contribution in [2.75, 3.05) is 13.1 Å². The minimum Gasteiger partial charge on any atom is -0.481 e. The van der Waals surface area contributed by atoms with E-state index in [9.17, 15) is 9.90 Å². The normalized spacial score (nSPS) is 20.8. The molecule has 0 aliphatic carbocycles. The van der Waals surface area contributed by atoms with Crippen molar-refractivity contribution in [3.63, 3.8) is 0 Å². The lowest BCUT2D eigenvalue weighted by Crippen LogP contribution is -2.47. The topological polar surface area (TPSA) is 73.6 Å². The molecule has 5 heteroatoms. The summed E-state index contributed by atoms with van der Waals surface area (Å²) in [5, 5.41) is 18.6. The summed E-state index contributed by atoms with van der Waals surface area (Å²) < 4.78 is 5.66. The maximum atomic E-state index is 12.5. The van der Waals surface area contributed by atoms with Gasteiger partial charge in [-0.25, -0.2) is 0 Å². The number of carbonyl (C=O) groups is 1. The maximum Gasteiger partial charge on any atom is 0.263 e. The Bertz CT molecular complexity index is 565. The van der Waals surface area contributed by atoms with E-state index in [-0.39, 0.29) is 11.8 Å². The Hall–Kier alpha value is -2.06. The lowest BCUT2D eigenvalue weighted by Gasteiger charge is -2.35. The van der Waals surface area contributed by atoms with Gasteiger partial charge < -0.3 is 14.7 Å². The monoisotopic (exact) mass is 302 g/mol. The van der Waals surface area contributed by atoms with Crippen molar-refractivity contribution < 1.29 is 14.6 Å². The number of nitrogens with zero attached hydrogens (tertiary/aromatic N) is 2. The first kappa shape index (κ1) is 16.3. The highest BCUT2D eigenvalue weighted by molar-refractivity contribution is 5.81. The molecule has 1 N–H and O–H groups in total. The molecular formula is C17H22N2O3. The minimum absolute atomic E-state index is 0.0762. The zero-order valence-corrected chi connectivity index (χ0v) is 13.0. The molecule has 118 valence electrons. The van der Waals surface area contributed by atoms with Crippen LogP contribution in [0.1, 0.15) is 32.3 Å². The largest absolute Gasteiger partial charge is 0.481 e. The summed E-state index contributed by atoms with van der Waals surface area (Å²) in [6.45, 7) is 4.76. The quantitative estimate of drug-likeness (QED) is 0.922. The van der Waals surface area contributed by atoms with Gasteiger partial charge in [-0.3, -0.25) is 4.79 Å². The van der Waals surface area contributed by atoms with E-state index in [4.69, 9.17) is 10.00 Å². The average molecular weight is 302 g/mol. The molecule has 1 heterocycles. The number of rotatable bonds is 4. The van der Waals surface area contributed by atoms with Gasteiger partial charge in [-0.15, -0.1) is 0 Å². The van der Waals surface area contributed by atoms with Crippen molar-refractivity contribution >= 4 is 5.91 Å². The summed E-state index contributed by atoms with van der Waals surface area (Å²) in [5.41, 5.74) is 0.504. The maximum absolute atomic E-state index is 12.5. The highest BCUT2D eigenvalue weighted by Gasteiger charge is 2.29. The first-order valence-corrected chi connectivity index (χ1v) is 7.65. The predicted molar refractivity (Wildman–Crippen MR) is 82.2 cm³/mol. The number of hydrogen-bond acceptors (Lipinski definition) is 4. The third-order valence-electron chi connectivity index (χ3n) is 4.08. The van der Waals surface area contributed by atoms with Crippen LogP contribution in [-0.2, 0) is 4.79 Å². The molecule has 1 aromatic carbocycles. The van der Waals surface area contributed by atoms with E-state index in [1.807, 2.05) is 6.07 Å². The molecule has 3 unspecified atom stereocenters. The summed E-state index contributed by atoms with van der Waals surface area (Å²) in [6, 6.07) is 8.83. The minimum atomic E-state index is -0.610. The van der Waals surface area contributed by atoms with Crippen molar-refractivity contribution in [2.24, 2.45) is 5.92 Å². The molecule has 1 aliphatic rings. The van der Waals surface area contributed by atoms with Crippen molar-refractivity contribution in [1.29, 1.82) is 5.26 Å². The molecule has 1 fully saturated rings. The van der Waals surface area contributed by atoms with Crippen LogP contribution < -0.4 is 4.74 Å². The zero-order valence-electron chi connectivity index (χ0n) is 13.0. The second-order valence-electron chi connectivity index (χ2n) is 5.83. The highest BCUT2D eigenvalue weighted by atomic mass is 16.5. The summed E-state index contributed by atoms with van der Waals surface area (Å²) >= 11 is 0. The Labute approximate surface area is 131 Å². The number of amides is 1. The first-order valence-electron chi connectivity index (χ1n) is 7.65. The Kier molecular flexibility index (Phi) is 5.40. The number of aliphatic hydroxyl groups excluding tert-OH is 1. The van der Waals surface area contributed by atoms with Gasteiger partial charge in [-0.2, -0.15) is 5.26 Å². The van der Waals surface area contributed by atoms with Crippen LogP contribution in [0.25, 0.3) is 0 Å². The summed E-state index contributed by atoms with van der Waals surface area (Å²) in [4.78, 5) is 14.2. The lowest BCUT2D eigenvalue weighted by molar-refractivity contribution is -0.140. The smallest absolute Gasteiger partial charge is 0.263 e. The molecule has 0 saturated carbocycles. The fourth-order valence-electron chi connectivity index (χ4n) is 2.75. The molecular weight excluding hydrogens is 280 g/mol. The molecule has 1 amide bonds. The third-order valence-corrected chi connectivity index (χ3v) is 4.08. The second-order valence-corrected chi connectivity index (χ2v) is 5.83. The molecule has 5 nitrogen and oxygen atoms in total. The van der Waals surface area contributed by atoms with Crippen LogP contribution in [0.5, 0.6) is 5.75 Å². The van der Waals surface area contributed by atoms with Gasteiger partial charge in [-0.1, -0.05) is 6.07 Å². The number of hydrogen-bond donors (Lipinski definition) is 1. The van der Waals surface area contributed by atoms with E-state index in [1.54, 1.807) is 43.0 Å². The SMILES string of the molecule is CC(Oc1cccc(C#N)c1)C(=O)N1CCCC(C(C)O)C1. The van der Waals surface area contributed by atoms with E-state index >= 15 is 0 Å². The molecule has 1 aliphatic heterocycles. The van der Waals surface area contributed by atoms with Gasteiger partial charge in [0.2, 0.25) is 0 Å². The predicted octanol–water partition coefficient (Wildman–Crippen LogP) is 1.94. The Morgan fingerprint density at radius 3 is 2.95 bits per heavy atom. The molecule has 0 radical (unpaired) electrons. The zero-order chi connectivity index (χ0) is 16.1. The number of carbonyl (C=O) groups excluding carboxylic acids is 1. The van der Waals surface area contributed by atoms with Crippen molar-refractivity contribution in [1.82, 2.24) is 4.90 Å². The molecule has 1 aromatic rings. The summed E-state index contributed by atoms with van der Waals surface area (Å²) in [5.74, 6) is 0.573. The Balaban J connectivity index is 1.98. The lowest BCUT2D eigenvalue weighted by atomic mass is 9.93. The number of aliphatic hydroxyl groups is 1. The van der Waals surface area contributed by atoms with Gasteiger partial charge in [0, 0.05) is 19.0 Å². The van der Waals surface area contributed by atoms with Crippen molar-refractivity contribution in [2.45, 2.75) is 38.9 Å². The number of ether oxygens (including phenoxy) is 1. The van der Waals surface area contributed by atoms with E-state index in [1.165, 1.54) is 0 Å². The third kappa shape index (κ3) is 3.99. The highest BCUT2D eigenvalue weighted by Crippen LogP contribution is 2.21. The second kappa shape index (κ2) is 7.28. The van der Waals surface area contributed by atoms with Crippen LogP contribution in [0.15, 0.2) is 24.3 Å². The van der Waals surface area contributed by atoms with Gasteiger partial charge in [0.1, 0.15) is 5.75 Å². The van der Waals surface area contributed by atoms with Crippen LogP contribution in [0, 0.1) is 17.2 Å². The van der Waals surface area contributed by atoms with Crippen LogP contribution in [0.4, 0.5) is 0 Å². The van der Waals surface area contributed by atoms with Crippen LogP contribution >= 0.6 is 0 Å². The van der Waals surface area contributed by atoms with Gasteiger partial charge in [0.05, 0.1) is 17.7 Å². The molecule has 22 heavy (non-hydrogen) atoms. The fraction of sp³-hybridized carbons (Fsp3) is 0.529. The van der Waals surface area contributed by atoms with E-state index in [2.05, 4.69) is 0 Å². The van der Waals surface area contributed by atoms with Gasteiger partial charge >= 0.3 is 0 Å². The van der Waals surface area contributed by atoms with Gasteiger partial charge in [0.15, 0.2) is 6.10 Å². The van der Waals surface area contributed by atoms with Crippen LogP contribution in [-0.4, -0.2) is 41.2 Å². The molecule has 0 spiro atoms. The molecule has 2 rings (SSSR count). The van der Waals surface area contributed by atoms with Crippen LogP contribution in [0.2, 0.25) is 0 Å². The first-order chi connectivity index (χ1) is 10.5. The van der Waals surface area contributed by atoms with Gasteiger partial charge in [-0.05, 0) is 44.9 Å². The van der Waals surface area contributed by atoms with Gasteiger partial charge in [0.25, 0.3) is 5.91 Å². The molecule has 0 aromatic heterocycles. The number of likely N-dealkylation sites (tertiary alicyclic amines) is 1. The fourth-order valence-corrected chi connectivity index (χ4v) is 2.75. The van der Waals surface area contributed by atoms with E-state index < -0.39 is 12.2 Å². The standard InChI is InChI=1S/C17H22N2O3/c1-12(20)15-6-4-8-19(11-15)17(21)13(2)22-16-7-3-5-14(9-16)10-18/h3,5,7,9,12-13,15,20H,4,6,8,11H2,1-2H3. The van der Waals surface area contributed by atoms with E-state index in [0.717, 1.165) is 12.8 Å². The average Bonchev–Trinajstić information content (AvgIpc) is 2.54. The van der Waals surface area contributed by atoms with Crippen LogP contribution in [0.3, 0.4) is 0 Å². The van der Waals surface area contributed by atoms with Crippen molar-refractivity contribution in [3.8, 4) is 11.8 Å². The Morgan fingerprint density at radius 2 is 2.27 bits per heavy atom. The Morgan fingerprint density at radius 1 is 1.50 bits per heavy atom. The number of nitriles is 1. The van der Waals surface area contributed by atoms with Crippen molar-refractivity contribution in [3.05, 3.63) is 29.8 Å². The summed E-state index contributed by atoms with van der Waals surface area (Å²) in [6.07, 6.45) is 0.833. The number of benzene rings is 1. The van der Waals surface area contributed by atoms with E-state index in [0.29, 0.717) is 24.4 Å². The molecule has 0 bridgehead atoms. The molecule has 3 atom stereocenters. The summed E-state index contributed by atoms with van der Waals surface area (Å²) in [7, 11) is 0.